The van der Waals surface area contributed by atoms with Gasteiger partial charge in [0.1, 0.15) is 7.85 Å². The van der Waals surface area contributed by atoms with Crippen LogP contribution in [0.5, 0.6) is 0 Å². The van der Waals surface area contributed by atoms with Crippen LogP contribution in [0.1, 0.15) is 33.6 Å². The summed E-state index contributed by atoms with van der Waals surface area (Å²) in [6.07, 6.45) is 4.49. The number of thioether (sulfide) groups is 1. The van der Waals surface area contributed by atoms with Crippen molar-refractivity contribution in [2.45, 2.75) is 50.5 Å². The van der Waals surface area contributed by atoms with E-state index in [4.69, 9.17) is 4.74 Å². The fourth-order valence-electron chi connectivity index (χ4n) is 2.71. The van der Waals surface area contributed by atoms with Gasteiger partial charge in [-0.1, -0.05) is 20.8 Å². The Morgan fingerprint density at radius 3 is 2.15 bits per heavy atom. The molecule has 0 amide bonds. The number of ether oxygens (including phenoxy) is 1. The van der Waals surface area contributed by atoms with E-state index in [1.807, 2.05) is 11.8 Å². The smallest absolute Gasteiger partial charge is 0.140 e. The molecule has 1 nitrogen and oxygen atoms in total. The summed E-state index contributed by atoms with van der Waals surface area (Å²) in [5.74, 6) is 0.687. The van der Waals surface area contributed by atoms with E-state index in [9.17, 15) is 0 Å². The zero-order valence-electron chi connectivity index (χ0n) is 9.46. The Kier molecular flexibility index (Phi) is 3.76. The molecule has 0 aromatic heterocycles. The third-order valence-corrected chi connectivity index (χ3v) is 5.01. The minimum Gasteiger partial charge on any atom is -0.379 e. The van der Waals surface area contributed by atoms with E-state index >= 15 is 0 Å². The van der Waals surface area contributed by atoms with Gasteiger partial charge in [-0.2, -0.15) is 11.8 Å². The van der Waals surface area contributed by atoms with Crippen molar-refractivity contribution in [1.82, 2.24) is 0 Å². The lowest BCUT2D eigenvalue weighted by molar-refractivity contribution is -0.0369. The second-order valence-electron chi connectivity index (χ2n) is 4.08. The molecule has 76 valence electrons. The van der Waals surface area contributed by atoms with Crippen LogP contribution in [0, 0.1) is 5.92 Å². The first kappa shape index (κ1) is 11.4. The van der Waals surface area contributed by atoms with Crippen molar-refractivity contribution in [2.24, 2.45) is 5.92 Å². The first-order valence-corrected chi connectivity index (χ1v) is 6.60. The van der Waals surface area contributed by atoms with Gasteiger partial charge in [-0.15, -0.1) is 0 Å². The maximum absolute atomic E-state index is 6.14. The van der Waals surface area contributed by atoms with E-state index in [-0.39, 0.29) is 5.60 Å². The summed E-state index contributed by atoms with van der Waals surface area (Å²) >= 11 is 1.96. The summed E-state index contributed by atoms with van der Waals surface area (Å²) < 4.78 is 6.14. The van der Waals surface area contributed by atoms with Crippen LogP contribution in [-0.2, 0) is 4.74 Å². The van der Waals surface area contributed by atoms with Crippen LogP contribution in [-0.4, -0.2) is 31.0 Å². The lowest BCUT2D eigenvalue weighted by Crippen LogP contribution is -2.34. The Labute approximate surface area is 87.4 Å². The molecule has 0 aromatic rings. The molecule has 1 rings (SSSR count). The highest BCUT2D eigenvalue weighted by atomic mass is 32.2. The maximum Gasteiger partial charge on any atom is 0.140 e. The number of rotatable bonds is 3. The maximum atomic E-state index is 6.14. The van der Waals surface area contributed by atoms with E-state index in [0.29, 0.717) is 17.2 Å². The van der Waals surface area contributed by atoms with E-state index in [2.05, 4.69) is 34.9 Å². The molecule has 0 aliphatic carbocycles. The molecule has 1 saturated heterocycles. The number of hydrogen-bond acceptors (Lipinski definition) is 2. The van der Waals surface area contributed by atoms with Gasteiger partial charge in [0.05, 0.1) is 5.60 Å². The highest BCUT2D eigenvalue weighted by Gasteiger charge is 2.47. The normalized spacial score (nSPS) is 38.0. The highest BCUT2D eigenvalue weighted by Crippen LogP contribution is 2.44. The van der Waals surface area contributed by atoms with Gasteiger partial charge in [0.15, 0.2) is 0 Å². The molecule has 0 spiro atoms. The molecule has 1 heterocycles. The van der Waals surface area contributed by atoms with Crippen LogP contribution in [0.4, 0.5) is 0 Å². The average molecular weight is 200 g/mol. The molecule has 0 N–H and O–H groups in total. The van der Waals surface area contributed by atoms with Crippen molar-refractivity contribution in [3.8, 4) is 0 Å². The van der Waals surface area contributed by atoms with E-state index < -0.39 is 0 Å². The molecule has 13 heavy (non-hydrogen) atoms. The second-order valence-corrected chi connectivity index (χ2v) is 5.10. The molecule has 3 unspecified atom stereocenters. The summed E-state index contributed by atoms with van der Waals surface area (Å²) in [7, 11) is 2.21. The lowest BCUT2D eigenvalue weighted by atomic mass is 9.82. The SMILES string of the molecule is BC1OC(CC)(CC)C(C)C1SC. The van der Waals surface area contributed by atoms with Crippen LogP contribution < -0.4 is 0 Å². The van der Waals surface area contributed by atoms with Gasteiger partial charge in [0, 0.05) is 11.3 Å². The van der Waals surface area contributed by atoms with Gasteiger partial charge in [-0.25, -0.2) is 0 Å². The summed E-state index contributed by atoms with van der Waals surface area (Å²) in [4.78, 5) is 0. The molecular weight excluding hydrogens is 179 g/mol. The first-order valence-electron chi connectivity index (χ1n) is 5.32. The summed E-state index contributed by atoms with van der Waals surface area (Å²) in [6, 6.07) is 0.421. The van der Waals surface area contributed by atoms with Crippen LogP contribution in [0.15, 0.2) is 0 Å². The van der Waals surface area contributed by atoms with Crippen LogP contribution in [0.3, 0.4) is 0 Å². The quantitative estimate of drug-likeness (QED) is 0.643. The predicted molar refractivity (Wildman–Crippen MR) is 63.2 cm³/mol. The molecule has 0 bridgehead atoms. The van der Waals surface area contributed by atoms with Gasteiger partial charge in [-0.3, -0.25) is 0 Å². The van der Waals surface area contributed by atoms with Crippen molar-refractivity contribution < 1.29 is 4.74 Å². The lowest BCUT2D eigenvalue weighted by Gasteiger charge is -2.31. The fraction of sp³-hybridized carbons (Fsp3) is 1.00. The molecule has 1 aliphatic heterocycles. The third-order valence-electron chi connectivity index (χ3n) is 3.67. The average Bonchev–Trinajstić information content (AvgIpc) is 2.38. The first-order chi connectivity index (χ1) is 6.11. The van der Waals surface area contributed by atoms with E-state index in [0.717, 1.165) is 12.8 Å². The monoisotopic (exact) mass is 200 g/mol. The van der Waals surface area contributed by atoms with Crippen molar-refractivity contribution >= 4 is 19.6 Å². The molecule has 0 aromatic carbocycles. The molecule has 3 atom stereocenters. The van der Waals surface area contributed by atoms with E-state index in [1.54, 1.807) is 0 Å². The van der Waals surface area contributed by atoms with Crippen LogP contribution in [0.25, 0.3) is 0 Å². The molecule has 1 aliphatic rings. The topological polar surface area (TPSA) is 9.23 Å². The zero-order chi connectivity index (χ0) is 10.1. The van der Waals surface area contributed by atoms with Crippen molar-refractivity contribution in [3.05, 3.63) is 0 Å². The Balaban J connectivity index is 2.80. The van der Waals surface area contributed by atoms with E-state index in [1.165, 1.54) is 0 Å². The minimum atomic E-state index is 0.160. The standard InChI is InChI=1S/C10H21BOS/c1-5-10(6-2)7(3)8(13-4)9(11)12-10/h7-9H,5-6,11H2,1-4H3. The molecule has 0 saturated carbocycles. The van der Waals surface area contributed by atoms with Gasteiger partial charge in [0.25, 0.3) is 0 Å². The summed E-state index contributed by atoms with van der Waals surface area (Å²) in [5.41, 5.74) is 0.160. The molecular formula is C10H21BOS. The Morgan fingerprint density at radius 2 is 1.92 bits per heavy atom. The van der Waals surface area contributed by atoms with Gasteiger partial charge < -0.3 is 4.74 Å². The largest absolute Gasteiger partial charge is 0.379 e. The molecule has 3 heteroatoms. The molecule has 0 radical (unpaired) electrons. The highest BCUT2D eigenvalue weighted by molar-refractivity contribution is 7.99. The van der Waals surface area contributed by atoms with Crippen molar-refractivity contribution in [3.63, 3.8) is 0 Å². The Hall–Kier alpha value is 0.375. The molecule has 1 fully saturated rings. The Bertz CT molecular complexity index is 170. The van der Waals surface area contributed by atoms with Crippen molar-refractivity contribution in [2.75, 3.05) is 6.26 Å². The number of hydrogen-bond donors (Lipinski definition) is 0. The minimum absolute atomic E-state index is 0.160. The summed E-state index contributed by atoms with van der Waals surface area (Å²) in [5, 5.41) is 0.680. The van der Waals surface area contributed by atoms with Crippen molar-refractivity contribution in [1.29, 1.82) is 0 Å². The van der Waals surface area contributed by atoms with Crippen LogP contribution >= 0.6 is 11.8 Å². The second kappa shape index (κ2) is 4.27. The summed E-state index contributed by atoms with van der Waals surface area (Å²) in [6.45, 7) is 6.84. The third kappa shape index (κ3) is 1.78. The Morgan fingerprint density at radius 1 is 1.38 bits per heavy atom. The predicted octanol–water partition coefficient (Wildman–Crippen LogP) is 1.90. The fourth-order valence-corrected chi connectivity index (χ4v) is 3.80. The van der Waals surface area contributed by atoms with Crippen LogP contribution in [0.2, 0.25) is 0 Å². The van der Waals surface area contributed by atoms with Gasteiger partial charge >= 0.3 is 0 Å². The zero-order valence-corrected chi connectivity index (χ0v) is 10.3. The van der Waals surface area contributed by atoms with Gasteiger partial charge in [0.2, 0.25) is 0 Å². The van der Waals surface area contributed by atoms with Gasteiger partial charge in [-0.05, 0) is 25.0 Å².